The molecule has 1 saturated heterocycles. The third-order valence-corrected chi connectivity index (χ3v) is 3.89. The van der Waals surface area contributed by atoms with Crippen LogP contribution >= 0.6 is 0 Å². The molecule has 138 valence electrons. The number of carbonyl (C=O) groups excluding carboxylic acids is 1. The first-order chi connectivity index (χ1) is 11.8. The normalized spacial score (nSPS) is 15.6. The molecule has 0 atom stereocenters. The standard InChI is InChI=1S/C15H19F3N4O3/c16-15(17,18)10-1-2-12(13(9-10)22(24)25)20-8-5-14(23)21-11-3-6-19-7-4-11/h1-2,9,11,19-20H,3-8H2,(H,21,23). The molecule has 1 amide bonds. The topological polar surface area (TPSA) is 96.3 Å². The van der Waals surface area contributed by atoms with Crippen molar-refractivity contribution in [1.29, 1.82) is 0 Å². The minimum atomic E-state index is -4.65. The molecule has 0 aliphatic carbocycles. The molecular weight excluding hydrogens is 341 g/mol. The Morgan fingerprint density at radius 2 is 2.00 bits per heavy atom. The highest BCUT2D eigenvalue weighted by molar-refractivity contribution is 5.77. The van der Waals surface area contributed by atoms with E-state index < -0.39 is 22.4 Å². The molecule has 3 N–H and O–H groups in total. The van der Waals surface area contributed by atoms with Crippen LogP contribution in [0.1, 0.15) is 24.8 Å². The van der Waals surface area contributed by atoms with Gasteiger partial charge in [0.15, 0.2) is 0 Å². The van der Waals surface area contributed by atoms with Crippen LogP contribution in [0.3, 0.4) is 0 Å². The van der Waals surface area contributed by atoms with Crippen LogP contribution in [0.25, 0.3) is 0 Å². The van der Waals surface area contributed by atoms with Crippen molar-refractivity contribution < 1.29 is 22.9 Å². The van der Waals surface area contributed by atoms with E-state index in [0.717, 1.165) is 38.1 Å². The van der Waals surface area contributed by atoms with E-state index in [2.05, 4.69) is 16.0 Å². The fourth-order valence-electron chi connectivity index (χ4n) is 2.59. The molecule has 10 heteroatoms. The van der Waals surface area contributed by atoms with Crippen molar-refractivity contribution in [2.75, 3.05) is 25.0 Å². The lowest BCUT2D eigenvalue weighted by molar-refractivity contribution is -0.384. The molecule has 1 fully saturated rings. The summed E-state index contributed by atoms with van der Waals surface area (Å²) in [5.74, 6) is -0.200. The fraction of sp³-hybridized carbons (Fsp3) is 0.533. The van der Waals surface area contributed by atoms with Gasteiger partial charge in [0.25, 0.3) is 5.69 Å². The maximum Gasteiger partial charge on any atom is 0.416 e. The van der Waals surface area contributed by atoms with E-state index in [9.17, 15) is 28.1 Å². The van der Waals surface area contributed by atoms with Crippen LogP contribution in [0.2, 0.25) is 0 Å². The summed E-state index contributed by atoms with van der Waals surface area (Å²) in [5.41, 5.74) is -1.81. The summed E-state index contributed by atoms with van der Waals surface area (Å²) in [6.07, 6.45) is -2.91. The van der Waals surface area contributed by atoms with Gasteiger partial charge in [-0.2, -0.15) is 13.2 Å². The Kier molecular flexibility index (Phi) is 6.18. The van der Waals surface area contributed by atoms with E-state index in [1.54, 1.807) is 0 Å². The van der Waals surface area contributed by atoms with Gasteiger partial charge in [0.2, 0.25) is 5.91 Å². The molecule has 0 aromatic heterocycles. The third-order valence-electron chi connectivity index (χ3n) is 3.89. The van der Waals surface area contributed by atoms with Crippen LogP contribution in [0.15, 0.2) is 18.2 Å². The molecule has 0 radical (unpaired) electrons. The van der Waals surface area contributed by atoms with E-state index >= 15 is 0 Å². The summed E-state index contributed by atoms with van der Waals surface area (Å²) in [6, 6.07) is 2.36. The van der Waals surface area contributed by atoms with Gasteiger partial charge in [-0.05, 0) is 38.1 Å². The first-order valence-electron chi connectivity index (χ1n) is 7.87. The van der Waals surface area contributed by atoms with E-state index in [1.165, 1.54) is 0 Å². The number of piperidine rings is 1. The summed E-state index contributed by atoms with van der Waals surface area (Å²) >= 11 is 0. The molecule has 7 nitrogen and oxygen atoms in total. The smallest absolute Gasteiger partial charge is 0.379 e. The molecule has 1 aliphatic heterocycles. The Hall–Kier alpha value is -2.36. The van der Waals surface area contributed by atoms with Crippen molar-refractivity contribution in [3.05, 3.63) is 33.9 Å². The number of benzene rings is 1. The van der Waals surface area contributed by atoms with Crippen LogP contribution in [0, 0.1) is 10.1 Å². The number of nitro benzene ring substituents is 1. The predicted octanol–water partition coefficient (Wildman–Crippen LogP) is 2.28. The zero-order valence-electron chi connectivity index (χ0n) is 13.4. The SMILES string of the molecule is O=C(CCNc1ccc(C(F)(F)F)cc1[N+](=O)[O-])NC1CCNCC1. The van der Waals surface area contributed by atoms with E-state index in [1.807, 2.05) is 0 Å². The Morgan fingerprint density at radius 1 is 1.32 bits per heavy atom. The van der Waals surface area contributed by atoms with Gasteiger partial charge >= 0.3 is 6.18 Å². The van der Waals surface area contributed by atoms with Crippen molar-refractivity contribution in [3.8, 4) is 0 Å². The van der Waals surface area contributed by atoms with Crippen molar-refractivity contribution in [2.24, 2.45) is 0 Å². The van der Waals surface area contributed by atoms with Crippen LogP contribution in [0.4, 0.5) is 24.5 Å². The maximum absolute atomic E-state index is 12.6. The number of hydrogen-bond acceptors (Lipinski definition) is 5. The molecule has 0 unspecified atom stereocenters. The minimum absolute atomic E-state index is 0.0485. The summed E-state index contributed by atoms with van der Waals surface area (Å²) in [7, 11) is 0. The molecular formula is C15H19F3N4O3. The third kappa shape index (κ3) is 5.59. The van der Waals surface area contributed by atoms with Crippen LogP contribution in [-0.2, 0) is 11.0 Å². The van der Waals surface area contributed by atoms with Gasteiger partial charge in [0.05, 0.1) is 10.5 Å². The Labute approximate surface area is 142 Å². The number of hydrogen-bond donors (Lipinski definition) is 3. The molecule has 0 spiro atoms. The predicted molar refractivity (Wildman–Crippen MR) is 85.2 cm³/mol. The number of amides is 1. The second kappa shape index (κ2) is 8.15. The first kappa shape index (κ1) is 19.0. The lowest BCUT2D eigenvalue weighted by Gasteiger charge is -2.23. The second-order valence-electron chi connectivity index (χ2n) is 5.76. The highest BCUT2D eigenvalue weighted by atomic mass is 19.4. The molecule has 1 aromatic carbocycles. The second-order valence-corrected chi connectivity index (χ2v) is 5.76. The number of anilines is 1. The van der Waals surface area contributed by atoms with Gasteiger partial charge in [-0.1, -0.05) is 0 Å². The largest absolute Gasteiger partial charge is 0.416 e. The van der Waals surface area contributed by atoms with E-state index in [-0.39, 0.29) is 30.6 Å². The van der Waals surface area contributed by atoms with Crippen LogP contribution in [-0.4, -0.2) is 36.5 Å². The van der Waals surface area contributed by atoms with E-state index in [4.69, 9.17) is 0 Å². The molecule has 25 heavy (non-hydrogen) atoms. The van der Waals surface area contributed by atoms with Crippen molar-refractivity contribution in [1.82, 2.24) is 10.6 Å². The zero-order valence-corrected chi connectivity index (χ0v) is 13.4. The molecule has 0 bridgehead atoms. The van der Waals surface area contributed by atoms with Crippen molar-refractivity contribution in [2.45, 2.75) is 31.5 Å². The number of halogens is 3. The first-order valence-corrected chi connectivity index (χ1v) is 7.87. The minimum Gasteiger partial charge on any atom is -0.379 e. The van der Waals surface area contributed by atoms with Crippen molar-refractivity contribution >= 4 is 17.3 Å². The van der Waals surface area contributed by atoms with E-state index in [0.29, 0.717) is 6.07 Å². The molecule has 0 saturated carbocycles. The maximum atomic E-state index is 12.6. The monoisotopic (exact) mass is 360 g/mol. The Bertz CT molecular complexity index is 631. The number of nitrogens with one attached hydrogen (secondary N) is 3. The van der Waals surface area contributed by atoms with Crippen molar-refractivity contribution in [3.63, 3.8) is 0 Å². The molecule has 1 aliphatic rings. The van der Waals surface area contributed by atoms with Gasteiger partial charge < -0.3 is 16.0 Å². The summed E-state index contributed by atoms with van der Waals surface area (Å²) in [5, 5.41) is 19.7. The molecule has 1 heterocycles. The number of nitrogens with zero attached hydrogens (tertiary/aromatic N) is 1. The fourth-order valence-corrected chi connectivity index (χ4v) is 2.59. The summed E-state index contributed by atoms with van der Waals surface area (Å²) in [6.45, 7) is 1.75. The number of nitro groups is 1. The quantitative estimate of drug-likeness (QED) is 0.534. The van der Waals surface area contributed by atoms with Crippen LogP contribution in [0.5, 0.6) is 0 Å². The summed E-state index contributed by atoms with van der Waals surface area (Å²) < 4.78 is 37.9. The van der Waals surface area contributed by atoms with Gasteiger partial charge in [0.1, 0.15) is 5.69 Å². The van der Waals surface area contributed by atoms with Gasteiger partial charge in [0, 0.05) is 25.1 Å². The lowest BCUT2D eigenvalue weighted by Crippen LogP contribution is -2.43. The Morgan fingerprint density at radius 3 is 2.60 bits per heavy atom. The zero-order chi connectivity index (χ0) is 18.4. The average molecular weight is 360 g/mol. The molecule has 2 rings (SSSR count). The highest BCUT2D eigenvalue weighted by Gasteiger charge is 2.33. The van der Waals surface area contributed by atoms with Gasteiger partial charge in [-0.15, -0.1) is 0 Å². The number of carbonyl (C=O) groups is 1. The highest BCUT2D eigenvalue weighted by Crippen LogP contribution is 2.34. The molecule has 1 aromatic rings. The van der Waals surface area contributed by atoms with Gasteiger partial charge in [-0.25, -0.2) is 0 Å². The lowest BCUT2D eigenvalue weighted by atomic mass is 10.1. The average Bonchev–Trinajstić information content (AvgIpc) is 2.54. The number of alkyl halides is 3. The van der Waals surface area contributed by atoms with Crippen LogP contribution < -0.4 is 16.0 Å². The number of rotatable bonds is 6. The Balaban J connectivity index is 1.91. The van der Waals surface area contributed by atoms with Gasteiger partial charge in [-0.3, -0.25) is 14.9 Å². The summed E-state index contributed by atoms with van der Waals surface area (Å²) in [4.78, 5) is 21.9.